The molecule has 0 radical (unpaired) electrons. The van der Waals surface area contributed by atoms with Crippen molar-refractivity contribution in [3.63, 3.8) is 0 Å². The molecule has 0 aromatic heterocycles. The fourth-order valence-corrected chi connectivity index (χ4v) is 3.86. The summed E-state index contributed by atoms with van der Waals surface area (Å²) in [5.74, 6) is 0.662. The van der Waals surface area contributed by atoms with Gasteiger partial charge in [0.1, 0.15) is 5.60 Å². The molecule has 2 heterocycles. The second-order valence-electron chi connectivity index (χ2n) is 8.09. The Balaban J connectivity index is 1.48. The van der Waals surface area contributed by atoms with Gasteiger partial charge in [0.05, 0.1) is 0 Å². The van der Waals surface area contributed by atoms with Crippen LogP contribution in [0, 0.1) is 0 Å². The fraction of sp³-hybridized carbons (Fsp3) is 0.650. The summed E-state index contributed by atoms with van der Waals surface area (Å²) in [6, 6.07) is 11.5. The number of likely N-dealkylation sites (tertiary alicyclic amines) is 2. The number of ether oxygens (including phenoxy) is 1. The lowest BCUT2D eigenvalue weighted by Gasteiger charge is -2.37. The third-order valence-electron chi connectivity index (χ3n) is 5.12. The van der Waals surface area contributed by atoms with Gasteiger partial charge in [-0.25, -0.2) is 4.79 Å². The summed E-state index contributed by atoms with van der Waals surface area (Å²) in [7, 11) is 0. The second-order valence-corrected chi connectivity index (χ2v) is 8.09. The molecule has 1 aromatic rings. The molecule has 0 aliphatic carbocycles. The predicted molar refractivity (Wildman–Crippen MR) is 96.2 cm³/mol. The summed E-state index contributed by atoms with van der Waals surface area (Å²) in [6.07, 6.45) is 3.20. The molecule has 4 nitrogen and oxygen atoms in total. The molecule has 0 spiro atoms. The molecule has 0 N–H and O–H groups in total. The Labute approximate surface area is 145 Å². The number of amides is 1. The first kappa shape index (κ1) is 17.3. The molecule has 4 heteroatoms. The normalized spacial score (nSPS) is 23.5. The maximum atomic E-state index is 12.2. The van der Waals surface area contributed by atoms with E-state index in [1.807, 2.05) is 25.7 Å². The van der Waals surface area contributed by atoms with E-state index in [1.165, 1.54) is 18.5 Å². The van der Waals surface area contributed by atoms with Crippen LogP contribution in [0.15, 0.2) is 30.3 Å². The Kier molecular flexibility index (Phi) is 5.14. The number of hydrogen-bond donors (Lipinski definition) is 0. The predicted octanol–water partition coefficient (Wildman–Crippen LogP) is 3.88. The van der Waals surface area contributed by atoms with Crippen LogP contribution < -0.4 is 0 Å². The van der Waals surface area contributed by atoms with Gasteiger partial charge in [-0.3, -0.25) is 4.90 Å². The average molecular weight is 330 g/mol. The Morgan fingerprint density at radius 3 is 2.33 bits per heavy atom. The number of nitrogens with zero attached hydrogens (tertiary/aromatic N) is 2. The van der Waals surface area contributed by atoms with E-state index < -0.39 is 5.60 Å². The molecule has 2 saturated heterocycles. The van der Waals surface area contributed by atoms with Crippen LogP contribution in [0.25, 0.3) is 0 Å². The number of benzene rings is 1. The first-order valence-corrected chi connectivity index (χ1v) is 9.19. The fourth-order valence-electron chi connectivity index (χ4n) is 3.86. The molecule has 2 fully saturated rings. The summed E-state index contributed by atoms with van der Waals surface area (Å²) in [4.78, 5) is 16.7. The Bertz CT molecular complexity index is 545. The zero-order chi connectivity index (χ0) is 17.2. The molecule has 1 amide bonds. The smallest absolute Gasteiger partial charge is 0.410 e. The van der Waals surface area contributed by atoms with Crippen molar-refractivity contribution in [1.29, 1.82) is 0 Å². The van der Waals surface area contributed by atoms with Gasteiger partial charge in [-0.05, 0) is 58.1 Å². The highest BCUT2D eigenvalue weighted by atomic mass is 16.6. The highest BCUT2D eigenvalue weighted by Gasteiger charge is 2.33. The standard InChI is InChI=1S/C20H30N2O2/c1-20(2,3)24-19(23)21-13-10-18(11-14-21)22-12-9-17(15-22)16-7-5-4-6-8-16/h4-8,17-18H,9-15H2,1-3H3. The number of hydrogen-bond acceptors (Lipinski definition) is 3. The van der Waals surface area contributed by atoms with E-state index in [2.05, 4.69) is 35.2 Å². The summed E-state index contributed by atoms with van der Waals surface area (Å²) in [5, 5.41) is 0. The summed E-state index contributed by atoms with van der Waals surface area (Å²) >= 11 is 0. The first-order chi connectivity index (χ1) is 11.4. The quantitative estimate of drug-likeness (QED) is 0.825. The molecule has 132 valence electrons. The van der Waals surface area contributed by atoms with Crippen LogP contribution in [0.1, 0.15) is 51.5 Å². The molecule has 3 rings (SSSR count). The molecule has 2 aliphatic heterocycles. The zero-order valence-electron chi connectivity index (χ0n) is 15.2. The van der Waals surface area contributed by atoms with Gasteiger partial charge < -0.3 is 9.64 Å². The SMILES string of the molecule is CC(C)(C)OC(=O)N1CCC(N2CCC(c3ccccc3)C2)CC1. The molecule has 0 saturated carbocycles. The highest BCUT2D eigenvalue weighted by molar-refractivity contribution is 5.68. The lowest BCUT2D eigenvalue weighted by atomic mass is 9.98. The summed E-state index contributed by atoms with van der Waals surface area (Å²) in [5.41, 5.74) is 1.05. The maximum absolute atomic E-state index is 12.2. The molecular weight excluding hydrogens is 300 g/mol. The summed E-state index contributed by atoms with van der Waals surface area (Å²) < 4.78 is 5.49. The van der Waals surface area contributed by atoms with Crippen molar-refractivity contribution in [1.82, 2.24) is 9.80 Å². The van der Waals surface area contributed by atoms with E-state index in [9.17, 15) is 4.79 Å². The molecule has 24 heavy (non-hydrogen) atoms. The number of carbonyl (C=O) groups excluding carboxylic acids is 1. The first-order valence-electron chi connectivity index (χ1n) is 9.19. The van der Waals surface area contributed by atoms with Crippen LogP contribution in [-0.4, -0.2) is 53.7 Å². The van der Waals surface area contributed by atoms with Gasteiger partial charge in [-0.15, -0.1) is 0 Å². The van der Waals surface area contributed by atoms with Crippen LogP contribution >= 0.6 is 0 Å². The van der Waals surface area contributed by atoms with Crippen molar-refractivity contribution in [2.75, 3.05) is 26.2 Å². The van der Waals surface area contributed by atoms with Gasteiger partial charge in [0, 0.05) is 25.7 Å². The molecule has 0 bridgehead atoms. The lowest BCUT2D eigenvalue weighted by molar-refractivity contribution is 0.0155. The second kappa shape index (κ2) is 7.14. The van der Waals surface area contributed by atoms with Gasteiger partial charge >= 0.3 is 6.09 Å². The van der Waals surface area contributed by atoms with E-state index in [4.69, 9.17) is 4.74 Å². The largest absolute Gasteiger partial charge is 0.444 e. The lowest BCUT2D eigenvalue weighted by Crippen LogP contribution is -2.47. The van der Waals surface area contributed by atoms with Crippen LogP contribution in [-0.2, 0) is 4.74 Å². The van der Waals surface area contributed by atoms with Crippen molar-refractivity contribution >= 4 is 6.09 Å². The monoisotopic (exact) mass is 330 g/mol. The number of rotatable bonds is 2. The van der Waals surface area contributed by atoms with E-state index in [1.54, 1.807) is 0 Å². The Hall–Kier alpha value is -1.55. The third kappa shape index (κ3) is 4.29. The van der Waals surface area contributed by atoms with Gasteiger partial charge in [-0.1, -0.05) is 30.3 Å². The number of piperidine rings is 1. The molecule has 2 aliphatic rings. The van der Waals surface area contributed by atoms with E-state index in [0.717, 1.165) is 32.5 Å². The Morgan fingerprint density at radius 2 is 1.71 bits per heavy atom. The van der Waals surface area contributed by atoms with Gasteiger partial charge in [0.25, 0.3) is 0 Å². The zero-order valence-corrected chi connectivity index (χ0v) is 15.2. The molecule has 1 aromatic carbocycles. The van der Waals surface area contributed by atoms with Crippen molar-refractivity contribution in [3.8, 4) is 0 Å². The number of carbonyl (C=O) groups is 1. The average Bonchev–Trinajstić information content (AvgIpc) is 3.04. The van der Waals surface area contributed by atoms with Crippen LogP contribution in [0.2, 0.25) is 0 Å². The molecular formula is C20H30N2O2. The van der Waals surface area contributed by atoms with Crippen LogP contribution in [0.4, 0.5) is 4.79 Å². The van der Waals surface area contributed by atoms with Crippen LogP contribution in [0.3, 0.4) is 0 Å². The minimum absolute atomic E-state index is 0.162. The van der Waals surface area contributed by atoms with Crippen molar-refractivity contribution in [2.45, 2.75) is 57.6 Å². The molecule has 1 unspecified atom stereocenters. The Morgan fingerprint density at radius 1 is 1.04 bits per heavy atom. The van der Waals surface area contributed by atoms with E-state index in [0.29, 0.717) is 12.0 Å². The minimum Gasteiger partial charge on any atom is -0.444 e. The maximum Gasteiger partial charge on any atom is 0.410 e. The summed E-state index contributed by atoms with van der Waals surface area (Å²) in [6.45, 7) is 9.72. The van der Waals surface area contributed by atoms with Gasteiger partial charge in [-0.2, -0.15) is 0 Å². The minimum atomic E-state index is -0.411. The topological polar surface area (TPSA) is 32.8 Å². The van der Waals surface area contributed by atoms with Crippen molar-refractivity contribution in [2.24, 2.45) is 0 Å². The van der Waals surface area contributed by atoms with Crippen LogP contribution in [0.5, 0.6) is 0 Å². The van der Waals surface area contributed by atoms with E-state index >= 15 is 0 Å². The third-order valence-corrected chi connectivity index (χ3v) is 5.12. The van der Waals surface area contributed by atoms with Gasteiger partial charge in [0.15, 0.2) is 0 Å². The van der Waals surface area contributed by atoms with E-state index in [-0.39, 0.29) is 6.09 Å². The highest BCUT2D eigenvalue weighted by Crippen LogP contribution is 2.31. The molecule has 1 atom stereocenters. The van der Waals surface area contributed by atoms with Crippen molar-refractivity contribution in [3.05, 3.63) is 35.9 Å². The van der Waals surface area contributed by atoms with Gasteiger partial charge in [0.2, 0.25) is 0 Å². The van der Waals surface area contributed by atoms with Crippen molar-refractivity contribution < 1.29 is 9.53 Å².